The van der Waals surface area contributed by atoms with E-state index >= 15 is 0 Å². The van der Waals surface area contributed by atoms with Gasteiger partial charge >= 0.3 is 0 Å². The number of fused-ring (bicyclic) bond motifs is 2. The normalized spacial score (nSPS) is 24.1. The van der Waals surface area contributed by atoms with Crippen molar-refractivity contribution in [2.24, 2.45) is 0 Å². The zero-order valence-corrected chi connectivity index (χ0v) is 20.2. The number of nitrogens with zero attached hydrogens (tertiary/aromatic N) is 1. The van der Waals surface area contributed by atoms with Gasteiger partial charge in [-0.2, -0.15) is 0 Å². The molecule has 0 saturated carbocycles. The van der Waals surface area contributed by atoms with E-state index in [0.717, 1.165) is 22.8 Å². The average molecular weight is 501 g/mol. The van der Waals surface area contributed by atoms with Crippen molar-refractivity contribution in [2.75, 3.05) is 30.6 Å². The Kier molecular flexibility index (Phi) is 6.42. The first-order valence-corrected chi connectivity index (χ1v) is 12.7. The lowest BCUT2D eigenvalue weighted by molar-refractivity contribution is -0.125. The van der Waals surface area contributed by atoms with Crippen molar-refractivity contribution in [2.45, 2.75) is 31.0 Å². The summed E-state index contributed by atoms with van der Waals surface area (Å²) < 4.78 is 5.47. The second kappa shape index (κ2) is 9.48. The van der Waals surface area contributed by atoms with Gasteiger partial charge in [-0.25, -0.2) is 0 Å². The van der Waals surface area contributed by atoms with Crippen LogP contribution in [-0.2, 0) is 9.59 Å². The number of methoxy groups -OCH3 is 1. The van der Waals surface area contributed by atoms with Crippen LogP contribution in [0.3, 0.4) is 0 Å². The van der Waals surface area contributed by atoms with Gasteiger partial charge in [-0.3, -0.25) is 19.7 Å². The second-order valence-corrected chi connectivity index (χ2v) is 10.1. The molecule has 2 aromatic carbocycles. The Morgan fingerprint density at radius 3 is 2.82 bits per heavy atom. The molecular formula is C24H25ClN4O4S. The van der Waals surface area contributed by atoms with Crippen molar-refractivity contribution in [3.8, 4) is 16.9 Å². The molecule has 0 spiro atoms. The number of anilines is 1. The van der Waals surface area contributed by atoms with Gasteiger partial charge in [-0.05, 0) is 48.7 Å². The van der Waals surface area contributed by atoms with Crippen LogP contribution in [0.15, 0.2) is 36.4 Å². The molecule has 2 aromatic rings. The summed E-state index contributed by atoms with van der Waals surface area (Å²) >= 11 is 7.89. The standard InChI is InChI=1S/C24H25ClN4O4S/c1-33-21-5-3-14(25)9-16(21)13-2-4-18-17(8-13)24(32)29-7-6-15(10-20(29)23(31)28-18)27-22(30)19-11-34-12-26-19/h2-5,8-9,15,19-20,26H,6-7,10-12H2,1H3,(H,27,30)(H,28,31)/t15-,19+,20-/m0/s1. The fourth-order valence-corrected chi connectivity index (χ4v) is 5.84. The Morgan fingerprint density at radius 2 is 2.06 bits per heavy atom. The molecule has 0 bridgehead atoms. The zero-order valence-electron chi connectivity index (χ0n) is 18.6. The molecule has 0 aliphatic carbocycles. The molecule has 3 aliphatic heterocycles. The highest BCUT2D eigenvalue weighted by molar-refractivity contribution is 7.99. The Balaban J connectivity index is 1.39. The van der Waals surface area contributed by atoms with Crippen LogP contribution < -0.4 is 20.7 Å². The van der Waals surface area contributed by atoms with Gasteiger partial charge in [0, 0.05) is 34.8 Å². The SMILES string of the molecule is COc1ccc(Cl)cc1-c1ccc2c(c1)C(=O)N1CC[C@H](NC(=O)[C@H]3CSCN3)C[C@H]1C(=O)N2. The highest BCUT2D eigenvalue weighted by Crippen LogP contribution is 2.36. The third-order valence-corrected chi connectivity index (χ3v) is 7.70. The number of nitrogens with one attached hydrogen (secondary N) is 3. The van der Waals surface area contributed by atoms with Gasteiger partial charge in [0.1, 0.15) is 11.8 Å². The largest absolute Gasteiger partial charge is 0.496 e. The quantitative estimate of drug-likeness (QED) is 0.597. The number of hydrogen-bond acceptors (Lipinski definition) is 6. The Labute approximate surface area is 206 Å². The van der Waals surface area contributed by atoms with Gasteiger partial charge in [-0.1, -0.05) is 17.7 Å². The number of benzene rings is 2. The number of amides is 3. The lowest BCUT2D eigenvalue weighted by Gasteiger charge is -2.37. The van der Waals surface area contributed by atoms with Crippen molar-refractivity contribution in [1.82, 2.24) is 15.5 Å². The summed E-state index contributed by atoms with van der Waals surface area (Å²) in [5, 5.41) is 9.69. The first-order chi connectivity index (χ1) is 16.4. The first kappa shape index (κ1) is 23.0. The van der Waals surface area contributed by atoms with Crippen molar-refractivity contribution >= 4 is 46.8 Å². The minimum Gasteiger partial charge on any atom is -0.496 e. The number of carbonyl (C=O) groups is 3. The fraction of sp³-hybridized carbons (Fsp3) is 0.375. The van der Waals surface area contributed by atoms with Gasteiger partial charge < -0.3 is 20.3 Å². The number of piperidine rings is 1. The second-order valence-electron chi connectivity index (χ2n) is 8.61. The van der Waals surface area contributed by atoms with E-state index in [4.69, 9.17) is 16.3 Å². The maximum absolute atomic E-state index is 13.5. The Hall–Kier alpha value is -2.75. The molecule has 8 nitrogen and oxygen atoms in total. The van der Waals surface area contributed by atoms with Crippen LogP contribution in [0.1, 0.15) is 23.2 Å². The summed E-state index contributed by atoms with van der Waals surface area (Å²) in [5.74, 6) is 1.64. The lowest BCUT2D eigenvalue weighted by Crippen LogP contribution is -2.56. The molecule has 0 aromatic heterocycles. The van der Waals surface area contributed by atoms with Gasteiger partial charge in [0.15, 0.2) is 0 Å². The van der Waals surface area contributed by atoms with E-state index in [1.54, 1.807) is 54.1 Å². The van der Waals surface area contributed by atoms with Crippen molar-refractivity contribution in [3.63, 3.8) is 0 Å². The van der Waals surface area contributed by atoms with Crippen LogP contribution in [0.5, 0.6) is 5.75 Å². The van der Waals surface area contributed by atoms with E-state index in [9.17, 15) is 14.4 Å². The maximum Gasteiger partial charge on any atom is 0.256 e. The molecule has 3 amide bonds. The van der Waals surface area contributed by atoms with Crippen LogP contribution in [0, 0.1) is 0 Å². The lowest BCUT2D eigenvalue weighted by atomic mass is 9.95. The van der Waals surface area contributed by atoms with E-state index < -0.39 is 6.04 Å². The van der Waals surface area contributed by atoms with Crippen LogP contribution in [0.2, 0.25) is 5.02 Å². The van der Waals surface area contributed by atoms with Crippen molar-refractivity contribution in [1.29, 1.82) is 0 Å². The Morgan fingerprint density at radius 1 is 1.21 bits per heavy atom. The molecule has 2 fully saturated rings. The van der Waals surface area contributed by atoms with Crippen LogP contribution in [0.25, 0.3) is 11.1 Å². The minimum absolute atomic E-state index is 0.0489. The third-order valence-electron chi connectivity index (χ3n) is 6.53. The predicted molar refractivity (Wildman–Crippen MR) is 132 cm³/mol. The number of thioether (sulfide) groups is 1. The highest BCUT2D eigenvalue weighted by Gasteiger charge is 2.40. The van der Waals surface area contributed by atoms with E-state index in [1.165, 1.54) is 0 Å². The smallest absolute Gasteiger partial charge is 0.256 e. The predicted octanol–water partition coefficient (Wildman–Crippen LogP) is 2.72. The molecule has 2 saturated heterocycles. The third kappa shape index (κ3) is 4.35. The summed E-state index contributed by atoms with van der Waals surface area (Å²) in [6, 6.07) is 9.64. The Bertz CT molecular complexity index is 1150. The molecule has 10 heteroatoms. The number of ether oxygens (including phenoxy) is 1. The molecular weight excluding hydrogens is 476 g/mol. The molecule has 3 heterocycles. The van der Waals surface area contributed by atoms with Crippen LogP contribution in [0.4, 0.5) is 5.69 Å². The zero-order chi connectivity index (χ0) is 23.8. The van der Waals surface area contributed by atoms with E-state index in [-0.39, 0.29) is 29.8 Å². The van der Waals surface area contributed by atoms with E-state index in [0.29, 0.717) is 41.4 Å². The molecule has 178 valence electrons. The number of halogens is 1. The summed E-state index contributed by atoms with van der Waals surface area (Å²) in [7, 11) is 1.58. The molecule has 5 rings (SSSR count). The van der Waals surface area contributed by atoms with E-state index in [2.05, 4.69) is 16.0 Å². The molecule has 3 N–H and O–H groups in total. The summed E-state index contributed by atoms with van der Waals surface area (Å²) in [4.78, 5) is 40.8. The van der Waals surface area contributed by atoms with E-state index in [1.807, 2.05) is 6.07 Å². The minimum atomic E-state index is -0.644. The average Bonchev–Trinajstić information content (AvgIpc) is 3.36. The first-order valence-electron chi connectivity index (χ1n) is 11.2. The number of carbonyl (C=O) groups excluding carboxylic acids is 3. The number of rotatable bonds is 4. The molecule has 3 aliphatic rings. The molecule has 34 heavy (non-hydrogen) atoms. The highest BCUT2D eigenvalue weighted by atomic mass is 35.5. The summed E-state index contributed by atoms with van der Waals surface area (Å²) in [5.41, 5.74) is 2.42. The topological polar surface area (TPSA) is 99.8 Å². The van der Waals surface area contributed by atoms with Gasteiger partial charge in [0.2, 0.25) is 11.8 Å². The maximum atomic E-state index is 13.5. The summed E-state index contributed by atoms with van der Waals surface area (Å²) in [6.07, 6.45) is 0.977. The number of hydrogen-bond donors (Lipinski definition) is 3. The molecule has 3 atom stereocenters. The van der Waals surface area contributed by atoms with Gasteiger partial charge in [0.25, 0.3) is 5.91 Å². The molecule has 0 radical (unpaired) electrons. The van der Waals surface area contributed by atoms with Crippen molar-refractivity contribution in [3.05, 3.63) is 47.0 Å². The van der Waals surface area contributed by atoms with Crippen molar-refractivity contribution < 1.29 is 19.1 Å². The van der Waals surface area contributed by atoms with Gasteiger partial charge in [0.05, 0.1) is 24.4 Å². The van der Waals surface area contributed by atoms with Crippen LogP contribution in [-0.4, -0.2) is 66.0 Å². The fourth-order valence-electron chi connectivity index (χ4n) is 4.73. The van der Waals surface area contributed by atoms with Gasteiger partial charge in [-0.15, -0.1) is 11.8 Å². The van der Waals surface area contributed by atoms with Crippen LogP contribution >= 0.6 is 23.4 Å². The summed E-state index contributed by atoms with van der Waals surface area (Å²) in [6.45, 7) is 0.388. The molecule has 0 unspecified atom stereocenters. The monoisotopic (exact) mass is 500 g/mol.